The highest BCUT2D eigenvalue weighted by molar-refractivity contribution is 5.84. The molecule has 1 fully saturated rings. The van der Waals surface area contributed by atoms with Crippen LogP contribution in [0.1, 0.15) is 50.2 Å². The quantitative estimate of drug-likeness (QED) is 0.565. The number of benzene rings is 2. The van der Waals surface area contributed by atoms with E-state index in [1.54, 1.807) is 6.92 Å². The molecule has 4 rings (SSSR count). The van der Waals surface area contributed by atoms with Gasteiger partial charge in [-0.2, -0.15) is 0 Å². The summed E-state index contributed by atoms with van der Waals surface area (Å²) in [5.74, 6) is -1.42. The fraction of sp³-hybridized carbons (Fsp3) is 0.423. The van der Waals surface area contributed by atoms with Crippen LogP contribution in [-0.4, -0.2) is 42.3 Å². The Morgan fingerprint density at radius 3 is 2.15 bits per heavy atom. The molecule has 0 bridgehead atoms. The summed E-state index contributed by atoms with van der Waals surface area (Å²) < 4.78 is 5.57. The third-order valence-electron chi connectivity index (χ3n) is 7.12. The van der Waals surface area contributed by atoms with Gasteiger partial charge in [0.25, 0.3) is 0 Å². The minimum atomic E-state index is -0.823. The molecule has 7 nitrogen and oxygen atoms in total. The Balaban J connectivity index is 1.31. The fourth-order valence-corrected chi connectivity index (χ4v) is 4.58. The van der Waals surface area contributed by atoms with Crippen molar-refractivity contribution in [1.29, 1.82) is 0 Å². The van der Waals surface area contributed by atoms with Crippen LogP contribution in [-0.2, 0) is 14.3 Å². The van der Waals surface area contributed by atoms with Crippen LogP contribution >= 0.6 is 0 Å². The van der Waals surface area contributed by atoms with Crippen molar-refractivity contribution in [2.75, 3.05) is 13.2 Å². The first-order valence-electron chi connectivity index (χ1n) is 11.4. The van der Waals surface area contributed by atoms with Crippen LogP contribution in [0.25, 0.3) is 11.1 Å². The maximum absolute atomic E-state index is 12.8. The van der Waals surface area contributed by atoms with Crippen LogP contribution in [0.4, 0.5) is 4.79 Å². The van der Waals surface area contributed by atoms with E-state index in [9.17, 15) is 14.4 Å². The molecule has 1 unspecified atom stereocenters. The average Bonchev–Trinajstić information content (AvgIpc) is 3.11. The van der Waals surface area contributed by atoms with Gasteiger partial charge in [-0.05, 0) is 48.4 Å². The smallest absolute Gasteiger partial charge is 0.407 e. The highest BCUT2D eigenvalue weighted by Gasteiger charge is 2.39. The highest BCUT2D eigenvalue weighted by Crippen LogP contribution is 2.44. The molecule has 0 radical (unpaired) electrons. The van der Waals surface area contributed by atoms with Gasteiger partial charge in [-0.1, -0.05) is 55.5 Å². The van der Waals surface area contributed by atoms with E-state index < -0.39 is 17.5 Å². The number of carboxylic acid groups (broad SMARTS) is 1. The van der Waals surface area contributed by atoms with E-state index in [0.717, 1.165) is 11.1 Å². The normalized spacial score (nSPS) is 20.5. The van der Waals surface area contributed by atoms with Gasteiger partial charge in [0.1, 0.15) is 6.61 Å². The molecule has 0 saturated heterocycles. The standard InChI is InChI=1S/C26H30N2O5/c1-3-26(2,24(31)28-17-12-16(13-17)23(29)30)15-27-25(32)33-14-22-20-10-6-4-8-18(20)19-9-5-7-11-21(19)22/h4-11,16-17,22H,3,12-15H2,1-2H3,(H,27,32)(H,28,31)(H,29,30). The number of nitrogens with one attached hydrogen (secondary N) is 2. The highest BCUT2D eigenvalue weighted by atomic mass is 16.5. The summed E-state index contributed by atoms with van der Waals surface area (Å²) in [5.41, 5.74) is 3.81. The van der Waals surface area contributed by atoms with Crippen molar-refractivity contribution in [3.63, 3.8) is 0 Å². The topological polar surface area (TPSA) is 105 Å². The second-order valence-electron chi connectivity index (χ2n) is 9.27. The van der Waals surface area contributed by atoms with E-state index in [4.69, 9.17) is 9.84 Å². The number of hydrogen-bond donors (Lipinski definition) is 3. The molecule has 174 valence electrons. The molecule has 2 aromatic carbocycles. The first kappa shape index (κ1) is 22.8. The van der Waals surface area contributed by atoms with E-state index in [2.05, 4.69) is 34.9 Å². The number of amides is 2. The lowest BCUT2D eigenvalue weighted by Crippen LogP contribution is -2.53. The largest absolute Gasteiger partial charge is 0.481 e. The third kappa shape index (κ3) is 4.58. The van der Waals surface area contributed by atoms with Crippen LogP contribution in [0.3, 0.4) is 0 Å². The SMILES string of the molecule is CCC(C)(CNC(=O)OCC1c2ccccc2-c2ccccc21)C(=O)NC1CC(C(=O)O)C1. The molecule has 33 heavy (non-hydrogen) atoms. The molecular weight excluding hydrogens is 420 g/mol. The minimum absolute atomic E-state index is 0.0233. The van der Waals surface area contributed by atoms with Gasteiger partial charge in [0.05, 0.1) is 11.3 Å². The zero-order valence-corrected chi connectivity index (χ0v) is 19.0. The van der Waals surface area contributed by atoms with E-state index in [1.165, 1.54) is 11.1 Å². The molecule has 1 atom stereocenters. The zero-order chi connectivity index (χ0) is 23.6. The van der Waals surface area contributed by atoms with Gasteiger partial charge in [0.15, 0.2) is 0 Å². The number of alkyl carbamates (subject to hydrolysis) is 1. The summed E-state index contributed by atoms with van der Waals surface area (Å²) in [6.07, 6.45) is 0.859. The third-order valence-corrected chi connectivity index (χ3v) is 7.12. The minimum Gasteiger partial charge on any atom is -0.481 e. The molecule has 2 aliphatic rings. The van der Waals surface area contributed by atoms with Gasteiger partial charge >= 0.3 is 12.1 Å². The van der Waals surface area contributed by atoms with Gasteiger partial charge in [-0.25, -0.2) is 4.79 Å². The number of carbonyl (C=O) groups excluding carboxylic acids is 2. The van der Waals surface area contributed by atoms with Crippen molar-refractivity contribution in [2.24, 2.45) is 11.3 Å². The number of hydrogen-bond acceptors (Lipinski definition) is 4. The Morgan fingerprint density at radius 2 is 1.61 bits per heavy atom. The van der Waals surface area contributed by atoms with Crippen molar-refractivity contribution in [1.82, 2.24) is 10.6 Å². The summed E-state index contributed by atoms with van der Waals surface area (Å²) in [7, 11) is 0. The monoisotopic (exact) mass is 450 g/mol. The van der Waals surface area contributed by atoms with E-state index in [0.29, 0.717) is 19.3 Å². The Kier molecular flexibility index (Phi) is 6.40. The first-order valence-corrected chi connectivity index (χ1v) is 11.4. The molecule has 2 aliphatic carbocycles. The maximum atomic E-state index is 12.8. The second kappa shape index (κ2) is 9.25. The number of rotatable bonds is 8. The predicted octanol–water partition coefficient (Wildman–Crippen LogP) is 3.92. The Hall–Kier alpha value is -3.35. The van der Waals surface area contributed by atoms with Crippen LogP contribution < -0.4 is 10.6 Å². The lowest BCUT2D eigenvalue weighted by Gasteiger charge is -2.36. The van der Waals surface area contributed by atoms with Gasteiger partial charge in [0, 0.05) is 18.5 Å². The lowest BCUT2D eigenvalue weighted by molar-refractivity contribution is -0.147. The molecule has 7 heteroatoms. The van der Waals surface area contributed by atoms with E-state index in [1.807, 2.05) is 31.2 Å². The molecule has 2 aromatic rings. The number of carboxylic acids is 1. The first-order chi connectivity index (χ1) is 15.8. The van der Waals surface area contributed by atoms with E-state index >= 15 is 0 Å². The molecule has 0 aliphatic heterocycles. The lowest BCUT2D eigenvalue weighted by atomic mass is 9.79. The molecule has 0 spiro atoms. The van der Waals surface area contributed by atoms with Gasteiger partial charge < -0.3 is 20.5 Å². The summed E-state index contributed by atoms with van der Waals surface area (Å²) in [6, 6.07) is 16.2. The van der Waals surface area contributed by atoms with Crippen molar-refractivity contribution in [3.8, 4) is 11.1 Å². The van der Waals surface area contributed by atoms with Gasteiger partial charge in [-0.15, -0.1) is 0 Å². The summed E-state index contributed by atoms with van der Waals surface area (Å²) >= 11 is 0. The number of carbonyl (C=O) groups is 3. The summed E-state index contributed by atoms with van der Waals surface area (Å²) in [6.45, 7) is 4.04. The Bertz CT molecular complexity index is 1020. The molecule has 2 amide bonds. The summed E-state index contributed by atoms with van der Waals surface area (Å²) in [4.78, 5) is 36.2. The van der Waals surface area contributed by atoms with Crippen molar-refractivity contribution in [3.05, 3.63) is 59.7 Å². The maximum Gasteiger partial charge on any atom is 0.407 e. The second-order valence-corrected chi connectivity index (χ2v) is 9.27. The number of aliphatic carboxylic acids is 1. The fourth-order valence-electron chi connectivity index (χ4n) is 4.58. The number of fused-ring (bicyclic) bond motifs is 3. The van der Waals surface area contributed by atoms with Crippen LogP contribution in [0.5, 0.6) is 0 Å². The van der Waals surface area contributed by atoms with Gasteiger partial charge in [-0.3, -0.25) is 9.59 Å². The molecule has 1 saturated carbocycles. The number of ether oxygens (including phenoxy) is 1. The average molecular weight is 451 g/mol. The predicted molar refractivity (Wildman–Crippen MR) is 124 cm³/mol. The Morgan fingerprint density at radius 1 is 1.03 bits per heavy atom. The van der Waals surface area contributed by atoms with Gasteiger partial charge in [0.2, 0.25) is 5.91 Å². The van der Waals surface area contributed by atoms with Crippen molar-refractivity contribution >= 4 is 18.0 Å². The van der Waals surface area contributed by atoms with E-state index in [-0.39, 0.29) is 36.9 Å². The Labute approximate surface area is 193 Å². The van der Waals surface area contributed by atoms with Crippen molar-refractivity contribution in [2.45, 2.75) is 45.1 Å². The molecular formula is C26H30N2O5. The van der Waals surface area contributed by atoms with Crippen LogP contribution in [0.2, 0.25) is 0 Å². The van der Waals surface area contributed by atoms with Crippen molar-refractivity contribution < 1.29 is 24.2 Å². The molecule has 0 aromatic heterocycles. The molecule has 3 N–H and O–H groups in total. The van der Waals surface area contributed by atoms with Crippen LogP contribution in [0.15, 0.2) is 48.5 Å². The summed E-state index contributed by atoms with van der Waals surface area (Å²) in [5, 5.41) is 14.7. The molecule has 0 heterocycles. The van der Waals surface area contributed by atoms with Crippen LogP contribution in [0, 0.1) is 11.3 Å². The zero-order valence-electron chi connectivity index (χ0n) is 19.0.